The largest absolute Gasteiger partial charge is 0.384 e. The number of amides is 1. The van der Waals surface area contributed by atoms with E-state index in [0.717, 1.165) is 29.8 Å². The quantitative estimate of drug-likeness (QED) is 0.878. The Labute approximate surface area is 125 Å². The van der Waals surface area contributed by atoms with Gasteiger partial charge < -0.3 is 10.6 Å². The molecular formula is C17H21N3O. The molecule has 2 aromatic rings. The summed E-state index contributed by atoms with van der Waals surface area (Å²) in [7, 11) is 0. The van der Waals surface area contributed by atoms with Gasteiger partial charge in [0.2, 0.25) is 0 Å². The second kappa shape index (κ2) is 6.88. The third-order valence-electron chi connectivity index (χ3n) is 3.12. The summed E-state index contributed by atoms with van der Waals surface area (Å²) in [5.41, 5.74) is 4.37. The fourth-order valence-electron chi connectivity index (χ4n) is 2.08. The van der Waals surface area contributed by atoms with E-state index in [9.17, 15) is 4.79 Å². The highest BCUT2D eigenvalue weighted by Gasteiger charge is 2.12. The van der Waals surface area contributed by atoms with Crippen molar-refractivity contribution in [2.24, 2.45) is 0 Å². The average molecular weight is 283 g/mol. The van der Waals surface area contributed by atoms with Crippen molar-refractivity contribution in [3.63, 3.8) is 0 Å². The molecular weight excluding hydrogens is 262 g/mol. The first-order valence-electron chi connectivity index (χ1n) is 7.17. The number of anilines is 2. The normalized spacial score (nSPS) is 10.2. The lowest BCUT2D eigenvalue weighted by atomic mass is 10.1. The van der Waals surface area contributed by atoms with Gasteiger partial charge in [-0.1, -0.05) is 13.0 Å². The minimum Gasteiger partial charge on any atom is -0.384 e. The molecule has 0 spiro atoms. The number of rotatable bonds is 5. The number of aromatic nitrogens is 1. The van der Waals surface area contributed by atoms with Crippen LogP contribution >= 0.6 is 0 Å². The molecule has 2 N–H and O–H groups in total. The zero-order valence-corrected chi connectivity index (χ0v) is 12.7. The van der Waals surface area contributed by atoms with Gasteiger partial charge in [-0.25, -0.2) is 0 Å². The molecule has 0 aliphatic heterocycles. The summed E-state index contributed by atoms with van der Waals surface area (Å²) in [5, 5.41) is 6.20. The number of carbonyl (C=O) groups is 1. The Morgan fingerprint density at radius 2 is 1.95 bits per heavy atom. The summed E-state index contributed by atoms with van der Waals surface area (Å²) < 4.78 is 0. The van der Waals surface area contributed by atoms with Gasteiger partial charge in [0.05, 0.1) is 17.4 Å². The summed E-state index contributed by atoms with van der Waals surface area (Å²) in [5.74, 6) is -0.124. The van der Waals surface area contributed by atoms with Gasteiger partial charge in [0.25, 0.3) is 5.91 Å². The monoisotopic (exact) mass is 283 g/mol. The molecule has 0 unspecified atom stereocenters. The fraction of sp³-hybridized carbons (Fsp3) is 0.294. The second-order valence-electron chi connectivity index (χ2n) is 5.18. The maximum atomic E-state index is 12.4. The number of nitrogens with zero attached hydrogens (tertiary/aromatic N) is 1. The minimum absolute atomic E-state index is 0.124. The molecule has 2 rings (SSSR count). The molecule has 0 saturated carbocycles. The third kappa shape index (κ3) is 4.05. The standard InChI is InChI=1S/C17H21N3O/c1-4-7-19-16-9-12(2)5-6-15(16)17(21)20-14-8-13(3)10-18-11-14/h5-6,8-11,19H,4,7H2,1-3H3,(H,20,21). The highest BCUT2D eigenvalue weighted by molar-refractivity contribution is 6.08. The molecule has 110 valence electrons. The van der Waals surface area contributed by atoms with Gasteiger partial charge in [0.15, 0.2) is 0 Å². The molecule has 4 heteroatoms. The van der Waals surface area contributed by atoms with E-state index in [1.165, 1.54) is 0 Å². The summed E-state index contributed by atoms with van der Waals surface area (Å²) in [6.45, 7) is 6.91. The first-order chi connectivity index (χ1) is 10.1. The number of nitrogens with one attached hydrogen (secondary N) is 2. The molecule has 4 nitrogen and oxygen atoms in total. The van der Waals surface area contributed by atoms with Crippen LogP contribution in [0.4, 0.5) is 11.4 Å². The summed E-state index contributed by atoms with van der Waals surface area (Å²) in [6, 6.07) is 7.70. The van der Waals surface area contributed by atoms with Crippen molar-refractivity contribution in [1.82, 2.24) is 4.98 Å². The van der Waals surface area contributed by atoms with E-state index in [2.05, 4.69) is 22.5 Å². The maximum absolute atomic E-state index is 12.4. The first-order valence-corrected chi connectivity index (χ1v) is 7.17. The lowest BCUT2D eigenvalue weighted by Crippen LogP contribution is -2.15. The topological polar surface area (TPSA) is 54.0 Å². The van der Waals surface area contributed by atoms with Crippen molar-refractivity contribution in [1.29, 1.82) is 0 Å². The van der Waals surface area contributed by atoms with Crippen molar-refractivity contribution in [2.45, 2.75) is 27.2 Å². The molecule has 1 aromatic heterocycles. The van der Waals surface area contributed by atoms with E-state index in [1.54, 1.807) is 12.4 Å². The highest BCUT2D eigenvalue weighted by Crippen LogP contribution is 2.19. The van der Waals surface area contributed by atoms with Gasteiger partial charge >= 0.3 is 0 Å². The van der Waals surface area contributed by atoms with Gasteiger partial charge in [0, 0.05) is 18.4 Å². The van der Waals surface area contributed by atoms with E-state index in [1.807, 2.05) is 38.1 Å². The Morgan fingerprint density at radius 3 is 2.67 bits per heavy atom. The first kappa shape index (κ1) is 15.0. The Morgan fingerprint density at radius 1 is 1.14 bits per heavy atom. The molecule has 0 atom stereocenters. The van der Waals surface area contributed by atoms with Crippen LogP contribution in [-0.2, 0) is 0 Å². The summed E-state index contributed by atoms with van der Waals surface area (Å²) >= 11 is 0. The smallest absolute Gasteiger partial charge is 0.257 e. The van der Waals surface area contributed by atoms with Crippen LogP contribution in [0.3, 0.4) is 0 Å². The van der Waals surface area contributed by atoms with Crippen LogP contribution in [0.1, 0.15) is 34.8 Å². The Bertz CT molecular complexity index is 638. The molecule has 0 saturated heterocycles. The van der Waals surface area contributed by atoms with Gasteiger partial charge in [-0.3, -0.25) is 9.78 Å². The number of hydrogen-bond acceptors (Lipinski definition) is 3. The van der Waals surface area contributed by atoms with E-state index < -0.39 is 0 Å². The van der Waals surface area contributed by atoms with E-state index in [-0.39, 0.29) is 5.91 Å². The predicted octanol–water partition coefficient (Wildman–Crippen LogP) is 3.77. The molecule has 0 aliphatic carbocycles. The van der Waals surface area contributed by atoms with Gasteiger partial charge in [-0.2, -0.15) is 0 Å². The van der Waals surface area contributed by atoms with Crippen LogP contribution in [0.2, 0.25) is 0 Å². The van der Waals surface area contributed by atoms with Crippen LogP contribution in [0.5, 0.6) is 0 Å². The third-order valence-corrected chi connectivity index (χ3v) is 3.12. The maximum Gasteiger partial charge on any atom is 0.257 e. The Hall–Kier alpha value is -2.36. The van der Waals surface area contributed by atoms with E-state index >= 15 is 0 Å². The molecule has 0 bridgehead atoms. The number of pyridine rings is 1. The van der Waals surface area contributed by atoms with Crippen molar-refractivity contribution in [3.05, 3.63) is 53.3 Å². The van der Waals surface area contributed by atoms with Crippen molar-refractivity contribution < 1.29 is 4.79 Å². The molecule has 0 aliphatic rings. The van der Waals surface area contributed by atoms with E-state index in [0.29, 0.717) is 11.3 Å². The van der Waals surface area contributed by atoms with Gasteiger partial charge in [-0.15, -0.1) is 0 Å². The number of hydrogen-bond donors (Lipinski definition) is 2. The molecule has 0 fully saturated rings. The van der Waals surface area contributed by atoms with Crippen molar-refractivity contribution in [3.8, 4) is 0 Å². The van der Waals surface area contributed by atoms with Crippen molar-refractivity contribution in [2.75, 3.05) is 17.2 Å². The number of carbonyl (C=O) groups excluding carboxylic acids is 1. The fourth-order valence-corrected chi connectivity index (χ4v) is 2.08. The predicted molar refractivity (Wildman–Crippen MR) is 86.9 cm³/mol. The number of benzene rings is 1. The van der Waals surface area contributed by atoms with Crippen molar-refractivity contribution >= 4 is 17.3 Å². The zero-order valence-electron chi connectivity index (χ0n) is 12.7. The lowest BCUT2D eigenvalue weighted by molar-refractivity contribution is 0.102. The van der Waals surface area contributed by atoms with Crippen LogP contribution in [0.15, 0.2) is 36.7 Å². The van der Waals surface area contributed by atoms with Gasteiger partial charge in [-0.05, 0) is 49.6 Å². The van der Waals surface area contributed by atoms with Crippen LogP contribution in [0, 0.1) is 13.8 Å². The number of aryl methyl sites for hydroxylation is 2. The summed E-state index contributed by atoms with van der Waals surface area (Å²) in [6.07, 6.45) is 4.42. The average Bonchev–Trinajstić information content (AvgIpc) is 2.45. The molecule has 1 aromatic carbocycles. The Balaban J connectivity index is 2.22. The van der Waals surface area contributed by atoms with Crippen LogP contribution in [0.25, 0.3) is 0 Å². The van der Waals surface area contributed by atoms with Crippen LogP contribution in [-0.4, -0.2) is 17.4 Å². The SMILES string of the molecule is CCCNc1cc(C)ccc1C(=O)Nc1cncc(C)c1. The lowest BCUT2D eigenvalue weighted by Gasteiger charge is -2.13. The Kier molecular flexibility index (Phi) is 4.93. The summed E-state index contributed by atoms with van der Waals surface area (Å²) in [4.78, 5) is 16.5. The molecule has 1 amide bonds. The minimum atomic E-state index is -0.124. The second-order valence-corrected chi connectivity index (χ2v) is 5.18. The molecule has 1 heterocycles. The van der Waals surface area contributed by atoms with Crippen LogP contribution < -0.4 is 10.6 Å². The zero-order chi connectivity index (χ0) is 15.2. The molecule has 21 heavy (non-hydrogen) atoms. The highest BCUT2D eigenvalue weighted by atomic mass is 16.1. The van der Waals surface area contributed by atoms with Gasteiger partial charge in [0.1, 0.15) is 0 Å². The van der Waals surface area contributed by atoms with E-state index in [4.69, 9.17) is 0 Å². The molecule has 0 radical (unpaired) electrons.